The number of halogens is 1. The zero-order valence-electron chi connectivity index (χ0n) is 10.7. The molecule has 6 heteroatoms. The Hall–Kier alpha value is -2.08. The predicted molar refractivity (Wildman–Crippen MR) is 80.4 cm³/mol. The molecular weight excluding hydrogens is 322 g/mol. The van der Waals surface area contributed by atoms with Crippen LogP contribution in [0.3, 0.4) is 0 Å². The topological polar surface area (TPSA) is 81.2 Å². The molecule has 0 radical (unpaired) electrons. The van der Waals surface area contributed by atoms with Gasteiger partial charge in [0.1, 0.15) is 30.5 Å². The fourth-order valence-electron chi connectivity index (χ4n) is 1.52. The maximum atomic E-state index is 7.29. The van der Waals surface area contributed by atoms with Crippen LogP contribution in [0.15, 0.2) is 47.2 Å². The molecule has 0 fully saturated rings. The van der Waals surface area contributed by atoms with E-state index in [1.54, 1.807) is 36.7 Å². The Labute approximate surface area is 125 Å². The van der Waals surface area contributed by atoms with Gasteiger partial charge in [-0.3, -0.25) is 10.4 Å². The highest BCUT2D eigenvalue weighted by molar-refractivity contribution is 9.10. The van der Waals surface area contributed by atoms with E-state index in [4.69, 9.17) is 20.6 Å². The van der Waals surface area contributed by atoms with Crippen molar-refractivity contribution in [1.82, 2.24) is 4.98 Å². The van der Waals surface area contributed by atoms with Crippen molar-refractivity contribution in [2.45, 2.75) is 0 Å². The predicted octanol–water partition coefficient (Wildman–Crippen LogP) is 2.59. The summed E-state index contributed by atoms with van der Waals surface area (Å²) in [5, 5.41) is 7.29. The number of ether oxygens (including phenoxy) is 2. The van der Waals surface area contributed by atoms with Crippen molar-refractivity contribution in [3.05, 3.63) is 52.8 Å². The van der Waals surface area contributed by atoms with Gasteiger partial charge in [0.2, 0.25) is 0 Å². The van der Waals surface area contributed by atoms with E-state index in [0.717, 1.165) is 4.47 Å². The number of hydrogen-bond acceptors (Lipinski definition) is 4. The van der Waals surface area contributed by atoms with E-state index in [1.165, 1.54) is 0 Å². The Balaban J connectivity index is 1.77. The summed E-state index contributed by atoms with van der Waals surface area (Å²) >= 11 is 3.32. The molecule has 0 amide bonds. The Morgan fingerprint density at radius 2 is 1.75 bits per heavy atom. The van der Waals surface area contributed by atoms with E-state index in [-0.39, 0.29) is 5.84 Å². The van der Waals surface area contributed by atoms with Crippen molar-refractivity contribution < 1.29 is 9.47 Å². The number of amidine groups is 1. The second-order valence-electron chi connectivity index (χ2n) is 3.97. The van der Waals surface area contributed by atoms with Crippen LogP contribution in [0.5, 0.6) is 11.5 Å². The van der Waals surface area contributed by atoms with Crippen LogP contribution in [0.25, 0.3) is 0 Å². The second kappa shape index (κ2) is 6.91. The molecule has 0 bridgehead atoms. The lowest BCUT2D eigenvalue weighted by Crippen LogP contribution is -2.11. The van der Waals surface area contributed by atoms with Gasteiger partial charge in [-0.2, -0.15) is 0 Å². The zero-order valence-corrected chi connectivity index (χ0v) is 12.3. The Morgan fingerprint density at radius 1 is 1.10 bits per heavy atom. The summed E-state index contributed by atoms with van der Waals surface area (Å²) in [5.41, 5.74) is 6.05. The Kier molecular flexibility index (Phi) is 4.95. The van der Waals surface area contributed by atoms with Crippen molar-refractivity contribution in [2.24, 2.45) is 5.73 Å². The third-order valence-corrected chi connectivity index (χ3v) is 2.90. The molecule has 0 aliphatic rings. The minimum Gasteiger partial charge on any atom is -0.490 e. The first-order valence-corrected chi connectivity index (χ1v) is 6.75. The number of hydrogen-bond donors (Lipinski definition) is 2. The summed E-state index contributed by atoms with van der Waals surface area (Å²) < 4.78 is 11.9. The molecule has 0 aliphatic carbocycles. The number of nitrogens with one attached hydrogen (secondary N) is 1. The zero-order chi connectivity index (χ0) is 14.4. The van der Waals surface area contributed by atoms with E-state index in [0.29, 0.717) is 30.3 Å². The summed E-state index contributed by atoms with van der Waals surface area (Å²) in [7, 11) is 0. The van der Waals surface area contributed by atoms with Crippen LogP contribution in [-0.2, 0) is 0 Å². The van der Waals surface area contributed by atoms with Crippen molar-refractivity contribution in [1.29, 1.82) is 5.41 Å². The maximum absolute atomic E-state index is 7.29. The van der Waals surface area contributed by atoms with Gasteiger partial charge in [0, 0.05) is 16.2 Å². The fourth-order valence-corrected chi connectivity index (χ4v) is 1.86. The van der Waals surface area contributed by atoms with Crippen LogP contribution in [0, 0.1) is 5.41 Å². The minimum atomic E-state index is 0.0436. The highest BCUT2D eigenvalue weighted by Gasteiger charge is 1.99. The summed E-state index contributed by atoms with van der Waals surface area (Å²) in [6, 6.07) is 8.89. The van der Waals surface area contributed by atoms with E-state index >= 15 is 0 Å². The van der Waals surface area contributed by atoms with E-state index in [2.05, 4.69) is 20.9 Å². The SMILES string of the molecule is N=C(N)c1ccc(OCCOc2cncc(Br)c2)cc1. The number of rotatable bonds is 6. The van der Waals surface area contributed by atoms with Crippen LogP contribution < -0.4 is 15.2 Å². The maximum Gasteiger partial charge on any atom is 0.138 e. The summed E-state index contributed by atoms with van der Waals surface area (Å²) in [6.07, 6.45) is 3.34. The quantitative estimate of drug-likeness (QED) is 0.483. The molecule has 3 N–H and O–H groups in total. The fraction of sp³-hybridized carbons (Fsp3) is 0.143. The van der Waals surface area contributed by atoms with Gasteiger partial charge in [-0.05, 0) is 46.3 Å². The first kappa shape index (κ1) is 14.3. The lowest BCUT2D eigenvalue weighted by Gasteiger charge is -2.08. The van der Waals surface area contributed by atoms with Gasteiger partial charge in [-0.25, -0.2) is 0 Å². The van der Waals surface area contributed by atoms with Crippen molar-refractivity contribution in [3.8, 4) is 11.5 Å². The molecule has 0 saturated heterocycles. The molecule has 2 aromatic rings. The normalized spacial score (nSPS) is 10.1. The first-order valence-electron chi connectivity index (χ1n) is 5.96. The number of nitrogen functional groups attached to an aromatic ring is 1. The van der Waals surface area contributed by atoms with Crippen LogP contribution >= 0.6 is 15.9 Å². The van der Waals surface area contributed by atoms with Crippen LogP contribution in [0.4, 0.5) is 0 Å². The molecule has 5 nitrogen and oxygen atoms in total. The molecule has 0 saturated carbocycles. The number of benzene rings is 1. The average Bonchev–Trinajstić information content (AvgIpc) is 2.44. The van der Waals surface area contributed by atoms with Gasteiger partial charge >= 0.3 is 0 Å². The average molecular weight is 336 g/mol. The van der Waals surface area contributed by atoms with Gasteiger partial charge in [0.05, 0.1) is 6.20 Å². The van der Waals surface area contributed by atoms with Crippen LogP contribution in [0.1, 0.15) is 5.56 Å². The van der Waals surface area contributed by atoms with E-state index < -0.39 is 0 Å². The molecule has 2 rings (SSSR count). The number of pyridine rings is 1. The van der Waals surface area contributed by atoms with Gasteiger partial charge in [-0.15, -0.1) is 0 Å². The van der Waals surface area contributed by atoms with Gasteiger partial charge in [0.15, 0.2) is 0 Å². The third-order valence-electron chi connectivity index (χ3n) is 2.47. The van der Waals surface area contributed by atoms with Gasteiger partial charge in [-0.1, -0.05) is 0 Å². The molecule has 0 spiro atoms. The number of nitrogens with two attached hydrogens (primary N) is 1. The molecule has 0 aliphatic heterocycles. The number of nitrogens with zero attached hydrogens (tertiary/aromatic N) is 1. The standard InChI is InChI=1S/C14H14BrN3O2/c15-11-7-13(9-18-8-11)20-6-5-19-12-3-1-10(2-4-12)14(16)17/h1-4,7-9H,5-6H2,(H3,16,17). The molecule has 0 atom stereocenters. The molecule has 0 unspecified atom stereocenters. The lowest BCUT2D eigenvalue weighted by atomic mass is 10.2. The minimum absolute atomic E-state index is 0.0436. The third kappa shape index (κ3) is 4.24. The summed E-state index contributed by atoms with van der Waals surface area (Å²) in [6.45, 7) is 0.846. The molecule has 1 aromatic heterocycles. The van der Waals surface area contributed by atoms with E-state index in [9.17, 15) is 0 Å². The monoisotopic (exact) mass is 335 g/mol. The lowest BCUT2D eigenvalue weighted by molar-refractivity contribution is 0.216. The van der Waals surface area contributed by atoms with Crippen LogP contribution in [0.2, 0.25) is 0 Å². The van der Waals surface area contributed by atoms with Gasteiger partial charge < -0.3 is 15.2 Å². The van der Waals surface area contributed by atoms with Crippen molar-refractivity contribution in [2.75, 3.05) is 13.2 Å². The smallest absolute Gasteiger partial charge is 0.138 e. The van der Waals surface area contributed by atoms with Crippen molar-refractivity contribution >= 4 is 21.8 Å². The Bertz CT molecular complexity index is 587. The van der Waals surface area contributed by atoms with Crippen LogP contribution in [-0.4, -0.2) is 24.0 Å². The summed E-state index contributed by atoms with van der Waals surface area (Å²) in [4.78, 5) is 4.00. The van der Waals surface area contributed by atoms with Crippen molar-refractivity contribution in [3.63, 3.8) is 0 Å². The van der Waals surface area contributed by atoms with E-state index in [1.807, 2.05) is 6.07 Å². The highest BCUT2D eigenvalue weighted by Crippen LogP contribution is 2.16. The molecule has 20 heavy (non-hydrogen) atoms. The molecule has 1 heterocycles. The number of aromatic nitrogens is 1. The Morgan fingerprint density at radius 3 is 2.35 bits per heavy atom. The second-order valence-corrected chi connectivity index (χ2v) is 4.89. The highest BCUT2D eigenvalue weighted by atomic mass is 79.9. The van der Waals surface area contributed by atoms with Gasteiger partial charge in [0.25, 0.3) is 0 Å². The largest absolute Gasteiger partial charge is 0.490 e. The summed E-state index contributed by atoms with van der Waals surface area (Å²) in [5.74, 6) is 1.45. The first-order chi connectivity index (χ1) is 9.65. The molecule has 1 aromatic carbocycles. The molecule has 104 valence electrons. The molecular formula is C14H14BrN3O2.